The molecule has 2 amide bonds. The fourth-order valence-corrected chi connectivity index (χ4v) is 8.73. The summed E-state index contributed by atoms with van der Waals surface area (Å²) in [5, 5.41) is 29.4. The van der Waals surface area contributed by atoms with Crippen molar-refractivity contribution < 1.29 is 38.9 Å². The maximum Gasteiger partial charge on any atom is 0.311 e. The van der Waals surface area contributed by atoms with Crippen LogP contribution in [0.1, 0.15) is 89.2 Å². The highest BCUT2D eigenvalue weighted by atomic mass is 16.5. The third-order valence-corrected chi connectivity index (χ3v) is 11.2. The first kappa shape index (κ1) is 38.9. The Hall–Kier alpha value is -4.80. The zero-order valence-corrected chi connectivity index (χ0v) is 31.5. The molecule has 2 fully saturated rings. The van der Waals surface area contributed by atoms with E-state index in [4.69, 9.17) is 9.47 Å². The van der Waals surface area contributed by atoms with Gasteiger partial charge in [-0.1, -0.05) is 101 Å². The molecule has 2 aliphatic heterocycles. The SMILES string of the molecule is CC(C)[C@H]1C(=O)N[C@H](CO)[C@H]1c1ccc(OC(=O)CCCCCCC(=O)Oc2ccc([C@H]3[C@@H](C(C)C)C(=O)N[C@@H]3CO)c3ccccc23)c2ccccc12. The lowest BCUT2D eigenvalue weighted by Gasteiger charge is -2.26. The van der Waals surface area contributed by atoms with Crippen molar-refractivity contribution in [3.63, 3.8) is 0 Å². The molecule has 2 aliphatic rings. The second-order valence-electron chi connectivity index (χ2n) is 15.4. The summed E-state index contributed by atoms with van der Waals surface area (Å²) in [6.45, 7) is 7.73. The van der Waals surface area contributed by atoms with Crippen molar-refractivity contribution >= 4 is 45.3 Å². The molecule has 10 nitrogen and oxygen atoms in total. The van der Waals surface area contributed by atoms with Crippen molar-refractivity contribution in [1.29, 1.82) is 0 Å². The van der Waals surface area contributed by atoms with Crippen LogP contribution in [0.3, 0.4) is 0 Å². The standard InChI is InChI=1S/C44H52N2O8/c1-25(2)39-41(33(23-47)45-43(39)51)31-19-21-35(29-15-11-9-13-27(29)31)53-37(49)17-7-5-6-8-18-38(50)54-36-22-20-32(28-14-10-12-16-30(28)36)42-34(24-48)46-44(52)40(42)26(3)4/h9-16,19-22,25-26,33-34,39-42,47-48H,5-8,17-18,23-24H2,1-4H3,(H,45,51)(H,46,52)/t33-,34-,39-,40-,41-,42-/m1/s1. The van der Waals surface area contributed by atoms with Crippen molar-refractivity contribution in [2.45, 2.75) is 90.1 Å². The van der Waals surface area contributed by atoms with E-state index >= 15 is 0 Å². The lowest BCUT2D eigenvalue weighted by Crippen LogP contribution is -2.31. The Morgan fingerprint density at radius 3 is 1.30 bits per heavy atom. The second kappa shape index (κ2) is 17.1. The highest BCUT2D eigenvalue weighted by Crippen LogP contribution is 2.44. The number of ether oxygens (including phenoxy) is 2. The van der Waals surface area contributed by atoms with Crippen molar-refractivity contribution in [1.82, 2.24) is 10.6 Å². The Kier molecular flexibility index (Phi) is 12.3. The van der Waals surface area contributed by atoms with Crippen LogP contribution < -0.4 is 20.1 Å². The molecule has 286 valence electrons. The quantitative estimate of drug-likeness (QED) is 0.0611. The summed E-state index contributed by atoms with van der Waals surface area (Å²) in [4.78, 5) is 51.5. The summed E-state index contributed by atoms with van der Waals surface area (Å²) in [5.74, 6) is -0.669. The van der Waals surface area contributed by atoms with E-state index in [9.17, 15) is 29.4 Å². The van der Waals surface area contributed by atoms with E-state index < -0.39 is 0 Å². The van der Waals surface area contributed by atoms with E-state index in [0.717, 1.165) is 45.5 Å². The van der Waals surface area contributed by atoms with Crippen molar-refractivity contribution in [3.05, 3.63) is 83.9 Å². The number of esters is 2. The number of carbonyl (C=O) groups excluding carboxylic acids is 4. The zero-order valence-electron chi connectivity index (χ0n) is 31.5. The molecule has 0 aliphatic carbocycles. The molecule has 0 radical (unpaired) electrons. The molecule has 6 atom stereocenters. The van der Waals surface area contributed by atoms with Gasteiger partial charge >= 0.3 is 11.9 Å². The van der Waals surface area contributed by atoms with Gasteiger partial charge < -0.3 is 30.3 Å². The lowest BCUT2D eigenvalue weighted by molar-refractivity contribution is -0.135. The van der Waals surface area contributed by atoms with Crippen molar-refractivity contribution in [2.24, 2.45) is 23.7 Å². The molecule has 0 saturated carbocycles. The van der Waals surface area contributed by atoms with Gasteiger partial charge in [0.1, 0.15) is 11.5 Å². The fourth-order valence-electron chi connectivity index (χ4n) is 8.73. The smallest absolute Gasteiger partial charge is 0.311 e. The zero-order chi connectivity index (χ0) is 38.5. The minimum Gasteiger partial charge on any atom is -0.426 e. The van der Waals surface area contributed by atoms with Crippen LogP contribution in [0.25, 0.3) is 21.5 Å². The van der Waals surface area contributed by atoms with Gasteiger partial charge in [-0.3, -0.25) is 19.2 Å². The van der Waals surface area contributed by atoms with Gasteiger partial charge in [0.15, 0.2) is 0 Å². The number of rotatable bonds is 15. The minimum atomic E-state index is -0.387. The number of amides is 2. The van der Waals surface area contributed by atoms with Gasteiger partial charge in [0, 0.05) is 47.3 Å². The number of aliphatic hydroxyl groups excluding tert-OH is 2. The maximum absolute atomic E-state index is 12.9. The number of fused-ring (bicyclic) bond motifs is 2. The molecular weight excluding hydrogens is 684 g/mol. The monoisotopic (exact) mass is 736 g/mol. The van der Waals surface area contributed by atoms with Crippen LogP contribution in [0.15, 0.2) is 72.8 Å². The van der Waals surface area contributed by atoms with Crippen LogP contribution in [0.2, 0.25) is 0 Å². The molecular formula is C44H52N2O8. The maximum atomic E-state index is 12.9. The lowest BCUT2D eigenvalue weighted by atomic mass is 9.77. The highest BCUT2D eigenvalue weighted by Gasteiger charge is 2.46. The van der Waals surface area contributed by atoms with E-state index in [1.807, 2.05) is 88.4 Å². The normalized spacial score (nSPS) is 22.6. The summed E-state index contributed by atoms with van der Waals surface area (Å²) < 4.78 is 11.7. The second-order valence-corrected chi connectivity index (χ2v) is 15.4. The van der Waals surface area contributed by atoms with Gasteiger partial charge in [-0.15, -0.1) is 0 Å². The van der Waals surface area contributed by atoms with Gasteiger partial charge in [0.05, 0.1) is 25.3 Å². The Morgan fingerprint density at radius 1 is 0.574 bits per heavy atom. The van der Waals surface area contributed by atoms with Crippen LogP contribution in [0, 0.1) is 23.7 Å². The molecule has 0 aromatic heterocycles. The Bertz CT molecular complexity index is 1860. The first-order valence-electron chi connectivity index (χ1n) is 19.3. The van der Waals surface area contributed by atoms with E-state index in [0.29, 0.717) is 24.3 Å². The highest BCUT2D eigenvalue weighted by molar-refractivity contribution is 5.96. The molecule has 2 heterocycles. The summed E-state index contributed by atoms with van der Waals surface area (Å²) >= 11 is 0. The van der Waals surface area contributed by atoms with Crippen LogP contribution in [0.4, 0.5) is 0 Å². The van der Waals surface area contributed by atoms with Gasteiger partial charge in [-0.2, -0.15) is 0 Å². The first-order chi connectivity index (χ1) is 26.0. The van der Waals surface area contributed by atoms with Crippen LogP contribution in [-0.4, -0.2) is 59.3 Å². The van der Waals surface area contributed by atoms with Gasteiger partial charge in [-0.05, 0) is 58.7 Å². The van der Waals surface area contributed by atoms with Crippen LogP contribution in [-0.2, 0) is 19.2 Å². The van der Waals surface area contributed by atoms with Crippen molar-refractivity contribution in [2.75, 3.05) is 13.2 Å². The molecule has 4 N–H and O–H groups in total. The number of unbranched alkanes of at least 4 members (excludes halogenated alkanes) is 3. The molecule has 2 saturated heterocycles. The Morgan fingerprint density at radius 2 is 0.944 bits per heavy atom. The van der Waals surface area contributed by atoms with E-state index in [-0.39, 0.29) is 97.4 Å². The number of hydrogen-bond donors (Lipinski definition) is 4. The van der Waals surface area contributed by atoms with Crippen molar-refractivity contribution in [3.8, 4) is 11.5 Å². The van der Waals surface area contributed by atoms with Gasteiger partial charge in [0.25, 0.3) is 0 Å². The summed E-state index contributed by atoms with van der Waals surface area (Å²) in [5.41, 5.74) is 1.89. The number of hydrogen-bond acceptors (Lipinski definition) is 8. The van der Waals surface area contributed by atoms with Gasteiger partial charge in [0.2, 0.25) is 11.8 Å². The molecule has 4 aromatic rings. The fraction of sp³-hybridized carbons (Fsp3) is 0.455. The average molecular weight is 737 g/mol. The summed E-state index contributed by atoms with van der Waals surface area (Å²) in [6.07, 6.45) is 3.20. The third-order valence-electron chi connectivity index (χ3n) is 11.2. The van der Waals surface area contributed by atoms with E-state index in [1.54, 1.807) is 12.1 Å². The predicted octanol–water partition coefficient (Wildman–Crippen LogP) is 6.54. The molecule has 0 unspecified atom stereocenters. The summed E-state index contributed by atoms with van der Waals surface area (Å²) in [7, 11) is 0. The Balaban J connectivity index is 1.01. The third kappa shape index (κ3) is 8.00. The molecule has 0 spiro atoms. The minimum absolute atomic E-state index is 0.0558. The Labute approximate surface area is 316 Å². The number of nitrogens with one attached hydrogen (secondary N) is 2. The van der Waals surface area contributed by atoms with Crippen LogP contribution in [0.5, 0.6) is 11.5 Å². The molecule has 6 rings (SSSR count). The molecule has 0 bridgehead atoms. The predicted molar refractivity (Wildman–Crippen MR) is 207 cm³/mol. The summed E-state index contributed by atoms with van der Waals surface area (Å²) in [6, 6.07) is 22.0. The largest absolute Gasteiger partial charge is 0.426 e. The average Bonchev–Trinajstić information content (AvgIpc) is 3.68. The molecule has 54 heavy (non-hydrogen) atoms. The number of carbonyl (C=O) groups is 4. The van der Waals surface area contributed by atoms with Crippen LogP contribution >= 0.6 is 0 Å². The number of benzene rings is 4. The topological polar surface area (TPSA) is 151 Å². The van der Waals surface area contributed by atoms with E-state index in [1.165, 1.54) is 0 Å². The first-order valence-corrected chi connectivity index (χ1v) is 19.3. The molecule has 4 aromatic carbocycles. The number of aliphatic hydroxyl groups is 2. The van der Waals surface area contributed by atoms with Gasteiger partial charge in [-0.25, -0.2) is 0 Å². The molecule has 10 heteroatoms. The van der Waals surface area contributed by atoms with E-state index in [2.05, 4.69) is 10.6 Å².